The minimum atomic E-state index is -1.22. The molecule has 2 heterocycles. The van der Waals surface area contributed by atoms with Crippen molar-refractivity contribution >= 4 is 17.8 Å². The number of hydrogen-bond acceptors (Lipinski definition) is 5. The lowest BCUT2D eigenvalue weighted by atomic mass is 9.80. The number of aryl methyl sites for hydroxylation is 1. The van der Waals surface area contributed by atoms with Crippen molar-refractivity contribution in [3.63, 3.8) is 0 Å². The standard InChI is InChI=1S/C19H24N2O4/c1-5-21-16(22)13-14(17(21)23)19(4,18(24)25-6-2)20-15(13)12-9-7-11(3)8-10-12/h7-10,13-15,20H,5-6H2,1-4H3/t13-,14+,15+,19-/m1/s1. The number of carbonyl (C=O) groups excluding carboxylic acids is 3. The summed E-state index contributed by atoms with van der Waals surface area (Å²) < 4.78 is 5.21. The first-order valence-corrected chi connectivity index (χ1v) is 8.71. The summed E-state index contributed by atoms with van der Waals surface area (Å²) in [6.07, 6.45) is 0. The number of amides is 2. The maximum absolute atomic E-state index is 12.9. The van der Waals surface area contributed by atoms with Crippen LogP contribution in [0.2, 0.25) is 0 Å². The molecule has 0 aromatic heterocycles. The SMILES string of the molecule is CCOC(=O)[C@]1(C)N[C@@H](c2ccc(C)cc2)[C@@H]2C(=O)N(CC)C(=O)[C@H]21. The van der Waals surface area contributed by atoms with E-state index in [-0.39, 0.29) is 18.4 Å². The molecule has 2 saturated heterocycles. The molecule has 0 radical (unpaired) electrons. The molecule has 134 valence electrons. The van der Waals surface area contributed by atoms with Gasteiger partial charge in [0.15, 0.2) is 0 Å². The molecule has 4 atom stereocenters. The molecule has 2 amide bonds. The molecule has 1 aromatic carbocycles. The van der Waals surface area contributed by atoms with Crippen LogP contribution in [0.5, 0.6) is 0 Å². The van der Waals surface area contributed by atoms with Crippen molar-refractivity contribution in [1.29, 1.82) is 0 Å². The Balaban J connectivity index is 2.07. The fraction of sp³-hybridized carbons (Fsp3) is 0.526. The van der Waals surface area contributed by atoms with Crippen LogP contribution in [0.4, 0.5) is 0 Å². The van der Waals surface area contributed by atoms with E-state index in [0.717, 1.165) is 11.1 Å². The maximum Gasteiger partial charge on any atom is 0.326 e. The van der Waals surface area contributed by atoms with Crippen LogP contribution < -0.4 is 5.32 Å². The summed E-state index contributed by atoms with van der Waals surface area (Å²) >= 11 is 0. The van der Waals surface area contributed by atoms with Crippen molar-refractivity contribution in [3.8, 4) is 0 Å². The summed E-state index contributed by atoms with van der Waals surface area (Å²) in [5.41, 5.74) is 0.788. The Kier molecular flexibility index (Phi) is 4.41. The number of rotatable bonds is 4. The van der Waals surface area contributed by atoms with Crippen LogP contribution in [0.3, 0.4) is 0 Å². The Morgan fingerprint density at radius 2 is 1.84 bits per heavy atom. The fourth-order valence-corrected chi connectivity index (χ4v) is 4.04. The second-order valence-electron chi connectivity index (χ2n) is 6.88. The Hall–Kier alpha value is -2.21. The molecule has 0 bridgehead atoms. The Bertz CT molecular complexity index is 715. The van der Waals surface area contributed by atoms with E-state index >= 15 is 0 Å². The van der Waals surface area contributed by atoms with Gasteiger partial charge < -0.3 is 4.74 Å². The summed E-state index contributed by atoms with van der Waals surface area (Å²) in [5.74, 6) is -2.34. The van der Waals surface area contributed by atoms with Gasteiger partial charge in [-0.25, -0.2) is 0 Å². The highest BCUT2D eigenvalue weighted by molar-refractivity contribution is 6.09. The topological polar surface area (TPSA) is 75.7 Å². The zero-order chi connectivity index (χ0) is 18.4. The first-order chi connectivity index (χ1) is 11.8. The molecular formula is C19H24N2O4. The molecule has 0 aliphatic carbocycles. The number of nitrogens with zero attached hydrogens (tertiary/aromatic N) is 1. The van der Waals surface area contributed by atoms with E-state index in [4.69, 9.17) is 4.74 Å². The molecule has 6 heteroatoms. The smallest absolute Gasteiger partial charge is 0.326 e. The van der Waals surface area contributed by atoms with E-state index in [0.29, 0.717) is 6.54 Å². The van der Waals surface area contributed by atoms with Gasteiger partial charge in [-0.3, -0.25) is 24.6 Å². The predicted molar refractivity (Wildman–Crippen MR) is 91.5 cm³/mol. The summed E-state index contributed by atoms with van der Waals surface area (Å²) in [6, 6.07) is 7.41. The number of fused-ring (bicyclic) bond motifs is 1. The van der Waals surface area contributed by atoms with Crippen molar-refractivity contribution in [2.75, 3.05) is 13.2 Å². The third-order valence-corrected chi connectivity index (χ3v) is 5.33. The van der Waals surface area contributed by atoms with Crippen molar-refractivity contribution in [3.05, 3.63) is 35.4 Å². The van der Waals surface area contributed by atoms with Gasteiger partial charge in [0.2, 0.25) is 11.8 Å². The number of nitrogens with one attached hydrogen (secondary N) is 1. The molecular weight excluding hydrogens is 320 g/mol. The van der Waals surface area contributed by atoms with Gasteiger partial charge in [0, 0.05) is 12.6 Å². The minimum absolute atomic E-state index is 0.219. The molecule has 25 heavy (non-hydrogen) atoms. The number of likely N-dealkylation sites (tertiary alicyclic amines) is 1. The number of imide groups is 1. The number of benzene rings is 1. The van der Waals surface area contributed by atoms with E-state index in [1.165, 1.54) is 4.90 Å². The molecule has 2 aliphatic heterocycles. The lowest BCUT2D eigenvalue weighted by Gasteiger charge is -2.28. The van der Waals surface area contributed by atoms with Gasteiger partial charge >= 0.3 is 5.97 Å². The molecule has 1 aromatic rings. The molecule has 0 saturated carbocycles. The first-order valence-electron chi connectivity index (χ1n) is 8.71. The minimum Gasteiger partial charge on any atom is -0.465 e. The lowest BCUT2D eigenvalue weighted by molar-refractivity contribution is -0.155. The Morgan fingerprint density at radius 1 is 1.20 bits per heavy atom. The summed E-state index contributed by atoms with van der Waals surface area (Å²) in [6.45, 7) is 7.69. The summed E-state index contributed by atoms with van der Waals surface area (Å²) in [4.78, 5) is 39.6. The van der Waals surface area contributed by atoms with Crippen LogP contribution >= 0.6 is 0 Å². The third kappa shape index (κ3) is 2.56. The zero-order valence-electron chi connectivity index (χ0n) is 15.0. The number of carbonyl (C=O) groups is 3. The average molecular weight is 344 g/mol. The first kappa shape index (κ1) is 17.6. The van der Waals surface area contributed by atoms with Gasteiger partial charge in [-0.15, -0.1) is 0 Å². The number of esters is 1. The highest BCUT2D eigenvalue weighted by atomic mass is 16.5. The van der Waals surface area contributed by atoms with E-state index in [1.54, 1.807) is 20.8 Å². The highest BCUT2D eigenvalue weighted by Crippen LogP contribution is 2.48. The van der Waals surface area contributed by atoms with E-state index in [2.05, 4.69) is 5.32 Å². The van der Waals surface area contributed by atoms with Crippen molar-refractivity contribution in [1.82, 2.24) is 10.2 Å². The Labute approximate surface area is 147 Å². The summed E-state index contributed by atoms with van der Waals surface area (Å²) in [7, 11) is 0. The van der Waals surface area contributed by atoms with Crippen LogP contribution in [-0.4, -0.2) is 41.4 Å². The van der Waals surface area contributed by atoms with Crippen LogP contribution in [0.1, 0.15) is 37.9 Å². The predicted octanol–water partition coefficient (Wildman–Crippen LogP) is 1.58. The van der Waals surface area contributed by atoms with Crippen LogP contribution in [0.25, 0.3) is 0 Å². The second kappa shape index (κ2) is 6.26. The van der Waals surface area contributed by atoms with Gasteiger partial charge in [0.25, 0.3) is 0 Å². The molecule has 1 N–H and O–H groups in total. The Morgan fingerprint density at radius 3 is 2.40 bits per heavy atom. The van der Waals surface area contributed by atoms with E-state index in [1.807, 2.05) is 31.2 Å². The highest BCUT2D eigenvalue weighted by Gasteiger charge is 2.66. The van der Waals surface area contributed by atoms with Gasteiger partial charge in [0.05, 0.1) is 18.4 Å². The zero-order valence-corrected chi connectivity index (χ0v) is 15.0. The molecule has 3 rings (SSSR count). The molecule has 0 unspecified atom stereocenters. The normalized spacial score (nSPS) is 31.4. The van der Waals surface area contributed by atoms with Gasteiger partial charge in [-0.2, -0.15) is 0 Å². The number of hydrogen-bond donors (Lipinski definition) is 1. The molecule has 2 fully saturated rings. The van der Waals surface area contributed by atoms with Crippen LogP contribution in [0.15, 0.2) is 24.3 Å². The average Bonchev–Trinajstić information content (AvgIpc) is 3.03. The van der Waals surface area contributed by atoms with Crippen LogP contribution in [-0.2, 0) is 19.1 Å². The van der Waals surface area contributed by atoms with E-state index in [9.17, 15) is 14.4 Å². The summed E-state index contributed by atoms with van der Waals surface area (Å²) in [5, 5.41) is 3.25. The second-order valence-corrected chi connectivity index (χ2v) is 6.88. The fourth-order valence-electron chi connectivity index (χ4n) is 4.04. The van der Waals surface area contributed by atoms with E-state index < -0.39 is 29.4 Å². The molecule has 6 nitrogen and oxygen atoms in total. The number of ether oxygens (including phenoxy) is 1. The van der Waals surface area contributed by atoms with Crippen molar-refractivity contribution in [2.45, 2.75) is 39.3 Å². The monoisotopic (exact) mass is 344 g/mol. The van der Waals surface area contributed by atoms with Crippen molar-refractivity contribution < 1.29 is 19.1 Å². The maximum atomic E-state index is 12.9. The largest absolute Gasteiger partial charge is 0.465 e. The third-order valence-electron chi connectivity index (χ3n) is 5.33. The molecule has 2 aliphatic rings. The lowest BCUT2D eigenvalue weighted by Crippen LogP contribution is -2.54. The van der Waals surface area contributed by atoms with Gasteiger partial charge in [-0.05, 0) is 33.3 Å². The quantitative estimate of drug-likeness (QED) is 0.663. The molecule has 0 spiro atoms. The van der Waals surface area contributed by atoms with Gasteiger partial charge in [0.1, 0.15) is 5.54 Å². The van der Waals surface area contributed by atoms with Crippen molar-refractivity contribution in [2.24, 2.45) is 11.8 Å². The van der Waals surface area contributed by atoms with Gasteiger partial charge in [-0.1, -0.05) is 29.8 Å². The van der Waals surface area contributed by atoms with Crippen LogP contribution in [0, 0.1) is 18.8 Å².